The summed E-state index contributed by atoms with van der Waals surface area (Å²) in [6.45, 7) is 2.44. The minimum atomic E-state index is -0.267. The standard InChI is InChI=1S/C16H20N2O2/c1-12-14(8-9-20-12)11-18(2)16(19)10-15(17)13-6-4-3-5-7-13/h3-9,15H,10-11,17H2,1-2H3. The van der Waals surface area contributed by atoms with Crippen LogP contribution in [0.5, 0.6) is 0 Å². The van der Waals surface area contributed by atoms with Gasteiger partial charge in [-0.1, -0.05) is 30.3 Å². The minimum Gasteiger partial charge on any atom is -0.469 e. The third-order valence-corrected chi connectivity index (χ3v) is 3.42. The smallest absolute Gasteiger partial charge is 0.224 e. The topological polar surface area (TPSA) is 59.5 Å². The molecule has 1 unspecified atom stereocenters. The van der Waals surface area contributed by atoms with E-state index in [1.165, 1.54) is 0 Å². The summed E-state index contributed by atoms with van der Waals surface area (Å²) in [6, 6.07) is 11.3. The molecule has 0 aliphatic carbocycles. The van der Waals surface area contributed by atoms with Crippen LogP contribution in [0.15, 0.2) is 47.1 Å². The first-order valence-electron chi connectivity index (χ1n) is 6.65. The van der Waals surface area contributed by atoms with E-state index in [4.69, 9.17) is 10.2 Å². The van der Waals surface area contributed by atoms with Crippen LogP contribution < -0.4 is 5.73 Å². The van der Waals surface area contributed by atoms with Crippen molar-refractivity contribution < 1.29 is 9.21 Å². The summed E-state index contributed by atoms with van der Waals surface area (Å²) < 4.78 is 5.23. The second-order valence-corrected chi connectivity index (χ2v) is 4.97. The minimum absolute atomic E-state index is 0.0296. The molecule has 2 N–H and O–H groups in total. The Hall–Kier alpha value is -2.07. The number of rotatable bonds is 5. The molecule has 106 valence electrons. The van der Waals surface area contributed by atoms with Gasteiger partial charge in [0.1, 0.15) is 5.76 Å². The molecular weight excluding hydrogens is 252 g/mol. The summed E-state index contributed by atoms with van der Waals surface area (Å²) in [6.07, 6.45) is 1.94. The van der Waals surface area contributed by atoms with E-state index in [0.29, 0.717) is 13.0 Å². The number of benzene rings is 1. The molecule has 4 nitrogen and oxygen atoms in total. The number of carbonyl (C=O) groups is 1. The van der Waals surface area contributed by atoms with E-state index in [2.05, 4.69) is 0 Å². The average Bonchev–Trinajstić information content (AvgIpc) is 2.85. The lowest BCUT2D eigenvalue weighted by Crippen LogP contribution is -2.29. The van der Waals surface area contributed by atoms with E-state index in [-0.39, 0.29) is 11.9 Å². The molecule has 1 aromatic heterocycles. The van der Waals surface area contributed by atoms with E-state index < -0.39 is 0 Å². The zero-order valence-electron chi connectivity index (χ0n) is 11.9. The van der Waals surface area contributed by atoms with E-state index in [0.717, 1.165) is 16.9 Å². The molecular formula is C16H20N2O2. The maximum atomic E-state index is 12.2. The van der Waals surface area contributed by atoms with Crippen molar-refractivity contribution in [3.05, 3.63) is 59.5 Å². The highest BCUT2D eigenvalue weighted by Gasteiger charge is 2.16. The van der Waals surface area contributed by atoms with Crippen molar-refractivity contribution in [2.45, 2.75) is 25.9 Å². The first-order chi connectivity index (χ1) is 9.58. The summed E-state index contributed by atoms with van der Waals surface area (Å²) in [4.78, 5) is 13.9. The number of furan rings is 1. The van der Waals surface area contributed by atoms with Gasteiger partial charge in [0.2, 0.25) is 5.91 Å². The number of nitrogens with two attached hydrogens (primary N) is 1. The quantitative estimate of drug-likeness (QED) is 0.910. The number of hydrogen-bond acceptors (Lipinski definition) is 3. The average molecular weight is 272 g/mol. The summed E-state index contributed by atoms with van der Waals surface area (Å²) in [5.41, 5.74) is 8.07. The number of hydrogen-bond donors (Lipinski definition) is 1. The van der Waals surface area contributed by atoms with Crippen LogP contribution in [0.4, 0.5) is 0 Å². The van der Waals surface area contributed by atoms with Crippen LogP contribution in [0.2, 0.25) is 0 Å². The van der Waals surface area contributed by atoms with Gasteiger partial charge in [0, 0.05) is 31.6 Å². The van der Waals surface area contributed by atoms with Gasteiger partial charge in [0.05, 0.1) is 6.26 Å². The van der Waals surface area contributed by atoms with E-state index in [1.54, 1.807) is 18.2 Å². The maximum Gasteiger partial charge on any atom is 0.224 e. The van der Waals surface area contributed by atoms with Gasteiger partial charge in [-0.3, -0.25) is 4.79 Å². The number of amides is 1. The normalized spacial score (nSPS) is 12.2. The van der Waals surface area contributed by atoms with Gasteiger partial charge < -0.3 is 15.1 Å². The third-order valence-electron chi connectivity index (χ3n) is 3.42. The predicted molar refractivity (Wildman–Crippen MR) is 77.9 cm³/mol. The Balaban J connectivity index is 1.93. The van der Waals surface area contributed by atoms with E-state index in [9.17, 15) is 4.79 Å². The molecule has 0 aliphatic heterocycles. The molecule has 2 rings (SSSR count). The fraction of sp³-hybridized carbons (Fsp3) is 0.312. The zero-order chi connectivity index (χ0) is 14.5. The molecule has 0 spiro atoms. The van der Waals surface area contributed by atoms with Crippen molar-refractivity contribution in [2.24, 2.45) is 5.73 Å². The van der Waals surface area contributed by atoms with E-state index in [1.807, 2.05) is 43.3 Å². The molecule has 0 fully saturated rings. The van der Waals surface area contributed by atoms with Crippen LogP contribution in [-0.2, 0) is 11.3 Å². The Morgan fingerprint density at radius 3 is 2.60 bits per heavy atom. The largest absolute Gasteiger partial charge is 0.469 e. The van der Waals surface area contributed by atoms with Crippen molar-refractivity contribution in [1.82, 2.24) is 4.90 Å². The Labute approximate surface area is 119 Å². The van der Waals surface area contributed by atoms with Crippen LogP contribution in [0.1, 0.15) is 29.3 Å². The van der Waals surface area contributed by atoms with Gasteiger partial charge in [-0.25, -0.2) is 0 Å². The lowest BCUT2D eigenvalue weighted by Gasteiger charge is -2.19. The highest BCUT2D eigenvalue weighted by atomic mass is 16.3. The lowest BCUT2D eigenvalue weighted by molar-refractivity contribution is -0.130. The van der Waals surface area contributed by atoms with Crippen LogP contribution in [0.3, 0.4) is 0 Å². The lowest BCUT2D eigenvalue weighted by atomic mass is 10.0. The van der Waals surface area contributed by atoms with E-state index >= 15 is 0 Å². The van der Waals surface area contributed by atoms with Gasteiger partial charge in [0.15, 0.2) is 0 Å². The van der Waals surface area contributed by atoms with Gasteiger partial charge in [-0.15, -0.1) is 0 Å². The number of aryl methyl sites for hydroxylation is 1. The van der Waals surface area contributed by atoms with Gasteiger partial charge in [-0.05, 0) is 18.6 Å². The molecule has 20 heavy (non-hydrogen) atoms. The van der Waals surface area contributed by atoms with Crippen LogP contribution >= 0.6 is 0 Å². The monoisotopic (exact) mass is 272 g/mol. The summed E-state index contributed by atoms with van der Waals surface area (Å²) in [7, 11) is 1.78. The summed E-state index contributed by atoms with van der Waals surface area (Å²) in [5.74, 6) is 0.874. The van der Waals surface area contributed by atoms with Gasteiger partial charge in [0.25, 0.3) is 0 Å². The molecule has 1 atom stereocenters. The molecule has 4 heteroatoms. The highest BCUT2D eigenvalue weighted by Crippen LogP contribution is 2.16. The zero-order valence-corrected chi connectivity index (χ0v) is 11.9. The highest BCUT2D eigenvalue weighted by molar-refractivity contribution is 5.76. The van der Waals surface area contributed by atoms with Gasteiger partial charge >= 0.3 is 0 Å². The molecule has 2 aromatic rings. The molecule has 1 heterocycles. The second-order valence-electron chi connectivity index (χ2n) is 4.97. The van der Waals surface area contributed by atoms with Crippen molar-refractivity contribution in [3.8, 4) is 0 Å². The van der Waals surface area contributed by atoms with Crippen molar-refractivity contribution >= 4 is 5.91 Å². The molecule has 0 saturated heterocycles. The van der Waals surface area contributed by atoms with Gasteiger partial charge in [-0.2, -0.15) is 0 Å². The Kier molecular flexibility index (Phi) is 4.58. The number of nitrogens with zero attached hydrogens (tertiary/aromatic N) is 1. The molecule has 1 aromatic carbocycles. The van der Waals surface area contributed by atoms with Crippen LogP contribution in [0.25, 0.3) is 0 Å². The molecule has 0 bridgehead atoms. The number of carbonyl (C=O) groups excluding carboxylic acids is 1. The Morgan fingerprint density at radius 2 is 2.00 bits per heavy atom. The fourth-order valence-corrected chi connectivity index (χ4v) is 2.08. The third kappa shape index (κ3) is 3.48. The predicted octanol–water partition coefficient (Wildman–Crippen LogP) is 2.64. The molecule has 0 radical (unpaired) electrons. The first kappa shape index (κ1) is 14.3. The molecule has 0 aliphatic rings. The maximum absolute atomic E-state index is 12.2. The van der Waals surface area contributed by atoms with Crippen molar-refractivity contribution in [2.75, 3.05) is 7.05 Å². The fourth-order valence-electron chi connectivity index (χ4n) is 2.08. The molecule has 0 saturated carbocycles. The Morgan fingerprint density at radius 1 is 1.30 bits per heavy atom. The SMILES string of the molecule is Cc1occc1CN(C)C(=O)CC(N)c1ccccc1. The van der Waals surface area contributed by atoms with Crippen LogP contribution in [0, 0.1) is 6.92 Å². The second kappa shape index (κ2) is 6.39. The Bertz CT molecular complexity index is 563. The summed E-state index contributed by atoms with van der Waals surface area (Å²) >= 11 is 0. The van der Waals surface area contributed by atoms with Crippen LogP contribution in [-0.4, -0.2) is 17.9 Å². The summed E-state index contributed by atoms with van der Waals surface area (Å²) in [5, 5.41) is 0. The van der Waals surface area contributed by atoms with Crippen molar-refractivity contribution in [1.29, 1.82) is 0 Å². The molecule has 1 amide bonds. The van der Waals surface area contributed by atoms with Crippen molar-refractivity contribution in [3.63, 3.8) is 0 Å². The first-order valence-corrected chi connectivity index (χ1v) is 6.65.